The lowest BCUT2D eigenvalue weighted by atomic mass is 9.95. The van der Waals surface area contributed by atoms with Crippen LogP contribution in [0.5, 0.6) is 11.5 Å². The van der Waals surface area contributed by atoms with Crippen LogP contribution in [0.2, 0.25) is 0 Å². The molecule has 4 nitrogen and oxygen atoms in total. The first-order valence-corrected chi connectivity index (χ1v) is 10.5. The van der Waals surface area contributed by atoms with E-state index in [1.165, 1.54) is 35.0 Å². The number of ether oxygens (including phenoxy) is 1. The van der Waals surface area contributed by atoms with Gasteiger partial charge in [0, 0.05) is 27.8 Å². The smallest absolute Gasteiger partial charge is 0.255 e. The normalized spacial score (nSPS) is 13.1. The molecule has 2 N–H and O–H groups in total. The Balaban J connectivity index is 1.30. The van der Waals surface area contributed by atoms with E-state index in [1.807, 2.05) is 73.7 Å². The minimum Gasteiger partial charge on any atom is -0.457 e. The summed E-state index contributed by atoms with van der Waals surface area (Å²) in [6.45, 7) is 2.05. The number of rotatable bonds is 4. The van der Waals surface area contributed by atoms with Crippen LogP contribution in [0.1, 0.15) is 40.0 Å². The van der Waals surface area contributed by atoms with Crippen LogP contribution in [0, 0.1) is 6.92 Å². The lowest BCUT2D eigenvalue weighted by Gasteiger charge is -2.11. The van der Waals surface area contributed by atoms with E-state index in [0.717, 1.165) is 35.5 Å². The highest BCUT2D eigenvalue weighted by atomic mass is 16.5. The van der Waals surface area contributed by atoms with Gasteiger partial charge < -0.3 is 15.0 Å². The lowest BCUT2D eigenvalue weighted by molar-refractivity contribution is 0.102. The van der Waals surface area contributed by atoms with Crippen LogP contribution in [0.4, 0.5) is 5.69 Å². The van der Waals surface area contributed by atoms with Gasteiger partial charge in [-0.05, 0) is 92.8 Å². The second-order valence-electron chi connectivity index (χ2n) is 7.94. The van der Waals surface area contributed by atoms with Gasteiger partial charge in [-0.3, -0.25) is 4.79 Å². The van der Waals surface area contributed by atoms with Crippen LogP contribution in [-0.4, -0.2) is 10.9 Å². The lowest BCUT2D eigenvalue weighted by Crippen LogP contribution is -2.11. The van der Waals surface area contributed by atoms with Crippen LogP contribution in [-0.2, 0) is 12.8 Å². The topological polar surface area (TPSA) is 54.1 Å². The number of hydrogen-bond acceptors (Lipinski definition) is 2. The van der Waals surface area contributed by atoms with Crippen molar-refractivity contribution in [3.8, 4) is 11.5 Å². The fourth-order valence-corrected chi connectivity index (χ4v) is 4.10. The third-order valence-electron chi connectivity index (χ3n) is 5.73. The number of fused-ring (bicyclic) bond motifs is 3. The molecule has 0 radical (unpaired) electrons. The van der Waals surface area contributed by atoms with Gasteiger partial charge in [0.15, 0.2) is 0 Å². The Morgan fingerprint density at radius 3 is 2.37 bits per heavy atom. The molecule has 0 fully saturated rings. The molecule has 4 heteroatoms. The summed E-state index contributed by atoms with van der Waals surface area (Å²) in [6.07, 6.45) is 4.63. The molecule has 150 valence electrons. The minimum absolute atomic E-state index is 0.102. The Kier molecular flexibility index (Phi) is 4.75. The largest absolute Gasteiger partial charge is 0.457 e. The number of carbonyl (C=O) groups is 1. The van der Waals surface area contributed by atoms with E-state index < -0.39 is 0 Å². The zero-order valence-corrected chi connectivity index (χ0v) is 17.0. The molecule has 0 saturated carbocycles. The van der Waals surface area contributed by atoms with Gasteiger partial charge in [0.05, 0.1) is 0 Å². The summed E-state index contributed by atoms with van der Waals surface area (Å²) in [5.74, 6) is 1.42. The molecule has 30 heavy (non-hydrogen) atoms. The number of anilines is 1. The van der Waals surface area contributed by atoms with Gasteiger partial charge in [0.2, 0.25) is 0 Å². The molecule has 4 aromatic rings. The average molecular weight is 396 g/mol. The van der Waals surface area contributed by atoms with Crippen molar-refractivity contribution in [1.82, 2.24) is 4.98 Å². The summed E-state index contributed by atoms with van der Waals surface area (Å²) in [4.78, 5) is 16.3. The number of hydrogen-bond donors (Lipinski definition) is 2. The SMILES string of the molecule is Cc1ccc(Oc2ccc(NC(=O)c3ccc4[nH]c5c(c4c3)CCCC5)cc2)cc1. The Morgan fingerprint density at radius 2 is 1.60 bits per heavy atom. The van der Waals surface area contributed by atoms with Crippen molar-refractivity contribution in [2.75, 3.05) is 5.32 Å². The molecule has 0 bridgehead atoms. The minimum atomic E-state index is -0.102. The van der Waals surface area contributed by atoms with Crippen molar-refractivity contribution >= 4 is 22.5 Å². The number of aryl methyl sites for hydroxylation is 3. The maximum atomic E-state index is 12.8. The van der Waals surface area contributed by atoms with E-state index in [0.29, 0.717) is 5.56 Å². The third-order valence-corrected chi connectivity index (χ3v) is 5.73. The maximum Gasteiger partial charge on any atom is 0.255 e. The Labute approximate surface area is 175 Å². The van der Waals surface area contributed by atoms with E-state index in [9.17, 15) is 4.79 Å². The van der Waals surface area contributed by atoms with E-state index in [1.54, 1.807) is 0 Å². The van der Waals surface area contributed by atoms with Crippen LogP contribution in [0.25, 0.3) is 10.9 Å². The standard InChI is InChI=1S/C26H24N2O2/c1-17-6-11-20(12-7-17)30-21-13-9-19(10-14-21)27-26(29)18-8-15-25-23(16-18)22-4-2-3-5-24(22)28-25/h6-16,28H,2-5H2,1H3,(H,27,29). The summed E-state index contributed by atoms with van der Waals surface area (Å²) in [5.41, 5.74) is 6.44. The van der Waals surface area contributed by atoms with Gasteiger partial charge in [0.25, 0.3) is 5.91 Å². The quantitative estimate of drug-likeness (QED) is 0.419. The fraction of sp³-hybridized carbons (Fsp3) is 0.192. The number of aromatic amines is 1. The van der Waals surface area contributed by atoms with Crippen LogP contribution in [0.15, 0.2) is 66.7 Å². The second-order valence-corrected chi connectivity index (χ2v) is 7.94. The van der Waals surface area contributed by atoms with Crippen molar-refractivity contribution < 1.29 is 9.53 Å². The fourth-order valence-electron chi connectivity index (χ4n) is 4.10. The van der Waals surface area contributed by atoms with Crippen molar-refractivity contribution in [2.24, 2.45) is 0 Å². The zero-order valence-electron chi connectivity index (χ0n) is 17.0. The summed E-state index contributed by atoms with van der Waals surface area (Å²) in [6, 6.07) is 21.3. The number of amides is 1. The molecule has 1 aromatic heterocycles. The molecule has 1 aliphatic carbocycles. The molecular formula is C26H24N2O2. The summed E-state index contributed by atoms with van der Waals surface area (Å²) in [5, 5.41) is 4.17. The van der Waals surface area contributed by atoms with Gasteiger partial charge in [-0.2, -0.15) is 0 Å². The Morgan fingerprint density at radius 1 is 0.900 bits per heavy atom. The number of nitrogens with one attached hydrogen (secondary N) is 2. The van der Waals surface area contributed by atoms with E-state index >= 15 is 0 Å². The summed E-state index contributed by atoms with van der Waals surface area (Å²) >= 11 is 0. The van der Waals surface area contributed by atoms with Crippen molar-refractivity contribution in [2.45, 2.75) is 32.6 Å². The van der Waals surface area contributed by atoms with Crippen LogP contribution < -0.4 is 10.1 Å². The average Bonchev–Trinajstić information content (AvgIpc) is 3.14. The van der Waals surface area contributed by atoms with Crippen molar-refractivity contribution in [3.63, 3.8) is 0 Å². The predicted molar refractivity (Wildman–Crippen MR) is 121 cm³/mol. The first kappa shape index (κ1) is 18.5. The second kappa shape index (κ2) is 7.71. The molecule has 0 spiro atoms. The number of benzene rings is 3. The van der Waals surface area contributed by atoms with Crippen LogP contribution in [0.3, 0.4) is 0 Å². The molecule has 0 aliphatic heterocycles. The number of H-pyrrole nitrogens is 1. The number of aromatic nitrogens is 1. The highest BCUT2D eigenvalue weighted by Gasteiger charge is 2.17. The molecule has 0 saturated heterocycles. The zero-order chi connectivity index (χ0) is 20.5. The molecule has 0 atom stereocenters. The first-order chi connectivity index (χ1) is 14.7. The van der Waals surface area contributed by atoms with E-state index in [4.69, 9.17) is 4.74 Å². The summed E-state index contributed by atoms with van der Waals surface area (Å²) < 4.78 is 5.85. The molecule has 0 unspecified atom stereocenters. The first-order valence-electron chi connectivity index (χ1n) is 10.5. The van der Waals surface area contributed by atoms with E-state index in [-0.39, 0.29) is 5.91 Å². The highest BCUT2D eigenvalue weighted by molar-refractivity contribution is 6.06. The van der Waals surface area contributed by atoms with Crippen molar-refractivity contribution in [3.05, 3.63) is 89.1 Å². The van der Waals surface area contributed by atoms with Gasteiger partial charge in [0.1, 0.15) is 11.5 Å². The predicted octanol–water partition coefficient (Wildman–Crippen LogP) is 6.40. The van der Waals surface area contributed by atoms with Gasteiger partial charge in [-0.1, -0.05) is 17.7 Å². The molecule has 3 aromatic carbocycles. The molecular weight excluding hydrogens is 372 g/mol. The van der Waals surface area contributed by atoms with Crippen molar-refractivity contribution in [1.29, 1.82) is 0 Å². The molecule has 1 heterocycles. The van der Waals surface area contributed by atoms with Gasteiger partial charge >= 0.3 is 0 Å². The maximum absolute atomic E-state index is 12.8. The highest BCUT2D eigenvalue weighted by Crippen LogP contribution is 2.30. The Hall–Kier alpha value is -3.53. The summed E-state index contributed by atoms with van der Waals surface area (Å²) in [7, 11) is 0. The van der Waals surface area contributed by atoms with E-state index in [2.05, 4.69) is 10.3 Å². The van der Waals surface area contributed by atoms with Crippen LogP contribution >= 0.6 is 0 Å². The molecule has 5 rings (SSSR count). The third kappa shape index (κ3) is 3.69. The molecule has 1 amide bonds. The molecule has 1 aliphatic rings. The Bertz CT molecular complexity index is 1200. The monoisotopic (exact) mass is 396 g/mol. The van der Waals surface area contributed by atoms with Gasteiger partial charge in [-0.25, -0.2) is 0 Å². The number of carbonyl (C=O) groups excluding carboxylic acids is 1. The van der Waals surface area contributed by atoms with Gasteiger partial charge in [-0.15, -0.1) is 0 Å².